The van der Waals surface area contributed by atoms with Crippen LogP contribution < -0.4 is 15.2 Å². The summed E-state index contributed by atoms with van der Waals surface area (Å²) < 4.78 is 11.4. The Morgan fingerprint density at radius 3 is 1.94 bits per heavy atom. The van der Waals surface area contributed by atoms with Crippen molar-refractivity contribution in [2.45, 2.75) is 19.3 Å². The molecule has 0 atom stereocenters. The quantitative estimate of drug-likeness (QED) is 0.926. The molecular weight excluding hydrogens is 270 g/mol. The molecular formula is C12H18BrNO2. The normalized spacial score (nSPS) is 11.4. The van der Waals surface area contributed by atoms with Crippen LogP contribution >= 0.6 is 15.9 Å². The monoisotopic (exact) mass is 287 g/mol. The van der Waals surface area contributed by atoms with Gasteiger partial charge in [0.15, 0.2) is 0 Å². The molecule has 0 spiro atoms. The SMILES string of the molecule is COc1cc(C(C)(C)CN)cc(OC)c1Br. The van der Waals surface area contributed by atoms with Gasteiger partial charge < -0.3 is 15.2 Å². The van der Waals surface area contributed by atoms with Crippen molar-refractivity contribution < 1.29 is 9.47 Å². The molecule has 0 saturated carbocycles. The first kappa shape index (κ1) is 13.3. The van der Waals surface area contributed by atoms with E-state index in [0.717, 1.165) is 21.5 Å². The number of halogens is 1. The minimum absolute atomic E-state index is 0.0960. The van der Waals surface area contributed by atoms with Crippen LogP contribution in [0, 0.1) is 0 Å². The van der Waals surface area contributed by atoms with E-state index in [0.29, 0.717) is 6.54 Å². The van der Waals surface area contributed by atoms with Crippen molar-refractivity contribution in [1.82, 2.24) is 0 Å². The zero-order chi connectivity index (χ0) is 12.3. The molecule has 4 heteroatoms. The standard InChI is InChI=1S/C12H18BrNO2/c1-12(2,7-14)8-5-9(15-3)11(13)10(6-8)16-4/h5-6H,7,14H2,1-4H3. The summed E-state index contributed by atoms with van der Waals surface area (Å²) in [5, 5.41) is 0. The second-order valence-electron chi connectivity index (χ2n) is 4.28. The van der Waals surface area contributed by atoms with E-state index in [1.54, 1.807) is 14.2 Å². The van der Waals surface area contributed by atoms with Gasteiger partial charge in [-0.15, -0.1) is 0 Å². The molecule has 2 N–H and O–H groups in total. The second-order valence-corrected chi connectivity index (χ2v) is 5.08. The Kier molecular flexibility index (Phi) is 4.21. The third-order valence-electron chi connectivity index (χ3n) is 2.74. The fourth-order valence-electron chi connectivity index (χ4n) is 1.38. The average Bonchev–Trinajstić information content (AvgIpc) is 2.29. The van der Waals surface area contributed by atoms with Gasteiger partial charge in [0.05, 0.1) is 14.2 Å². The second kappa shape index (κ2) is 5.06. The molecule has 0 heterocycles. The summed E-state index contributed by atoms with van der Waals surface area (Å²) in [4.78, 5) is 0. The van der Waals surface area contributed by atoms with Gasteiger partial charge in [0.2, 0.25) is 0 Å². The van der Waals surface area contributed by atoms with E-state index in [2.05, 4.69) is 29.8 Å². The molecule has 0 aliphatic heterocycles. The van der Waals surface area contributed by atoms with Gasteiger partial charge in [0, 0.05) is 12.0 Å². The molecule has 0 saturated heterocycles. The Morgan fingerprint density at radius 2 is 1.62 bits per heavy atom. The number of nitrogens with two attached hydrogens (primary N) is 1. The number of methoxy groups -OCH3 is 2. The molecule has 1 rings (SSSR count). The van der Waals surface area contributed by atoms with Gasteiger partial charge in [-0.2, -0.15) is 0 Å². The number of rotatable bonds is 4. The van der Waals surface area contributed by atoms with Crippen molar-refractivity contribution in [3.8, 4) is 11.5 Å². The predicted molar refractivity (Wildman–Crippen MR) is 69.3 cm³/mol. The zero-order valence-corrected chi connectivity index (χ0v) is 11.7. The third-order valence-corrected chi connectivity index (χ3v) is 3.52. The first-order valence-corrected chi connectivity index (χ1v) is 5.87. The lowest BCUT2D eigenvalue weighted by molar-refractivity contribution is 0.385. The highest BCUT2D eigenvalue weighted by molar-refractivity contribution is 9.10. The molecule has 0 bridgehead atoms. The van der Waals surface area contributed by atoms with Gasteiger partial charge in [-0.25, -0.2) is 0 Å². The molecule has 0 aromatic heterocycles. The average molecular weight is 288 g/mol. The maximum atomic E-state index is 5.77. The predicted octanol–water partition coefficient (Wildman–Crippen LogP) is 2.70. The zero-order valence-electron chi connectivity index (χ0n) is 10.1. The first-order valence-electron chi connectivity index (χ1n) is 5.08. The molecule has 90 valence electrons. The maximum Gasteiger partial charge on any atom is 0.137 e. The highest BCUT2D eigenvalue weighted by Gasteiger charge is 2.22. The van der Waals surface area contributed by atoms with Crippen LogP contribution in [0.1, 0.15) is 19.4 Å². The van der Waals surface area contributed by atoms with Crippen LogP contribution in [0.4, 0.5) is 0 Å². The summed E-state index contributed by atoms with van der Waals surface area (Å²) in [5.74, 6) is 1.52. The van der Waals surface area contributed by atoms with Gasteiger partial charge in [-0.3, -0.25) is 0 Å². The molecule has 0 fully saturated rings. The van der Waals surface area contributed by atoms with Crippen LogP contribution in [0.5, 0.6) is 11.5 Å². The van der Waals surface area contributed by atoms with E-state index >= 15 is 0 Å². The summed E-state index contributed by atoms with van der Waals surface area (Å²) in [6, 6.07) is 3.97. The van der Waals surface area contributed by atoms with Gasteiger partial charge in [-0.05, 0) is 33.6 Å². The molecule has 1 aromatic rings. The summed E-state index contributed by atoms with van der Waals surface area (Å²) >= 11 is 3.44. The van der Waals surface area contributed by atoms with Gasteiger partial charge in [0.25, 0.3) is 0 Å². The summed E-state index contributed by atoms with van der Waals surface area (Å²) in [7, 11) is 3.28. The van der Waals surface area contributed by atoms with Crippen LogP contribution in [-0.4, -0.2) is 20.8 Å². The Balaban J connectivity index is 3.32. The smallest absolute Gasteiger partial charge is 0.137 e. The minimum atomic E-state index is -0.0960. The fraction of sp³-hybridized carbons (Fsp3) is 0.500. The molecule has 0 radical (unpaired) electrons. The molecule has 0 unspecified atom stereocenters. The van der Waals surface area contributed by atoms with E-state index in [9.17, 15) is 0 Å². The van der Waals surface area contributed by atoms with E-state index < -0.39 is 0 Å². The third kappa shape index (κ3) is 2.50. The van der Waals surface area contributed by atoms with Gasteiger partial charge in [0.1, 0.15) is 16.0 Å². The lowest BCUT2D eigenvalue weighted by Crippen LogP contribution is -2.28. The van der Waals surface area contributed by atoms with Crippen molar-refractivity contribution in [1.29, 1.82) is 0 Å². The van der Waals surface area contributed by atoms with Crippen LogP contribution in [0.3, 0.4) is 0 Å². The summed E-state index contributed by atoms with van der Waals surface area (Å²) in [6.45, 7) is 4.76. The van der Waals surface area contributed by atoms with E-state index in [-0.39, 0.29) is 5.41 Å². The van der Waals surface area contributed by atoms with Crippen molar-refractivity contribution in [3.63, 3.8) is 0 Å². The maximum absolute atomic E-state index is 5.77. The number of benzene rings is 1. The molecule has 0 amide bonds. The molecule has 0 aliphatic carbocycles. The molecule has 16 heavy (non-hydrogen) atoms. The van der Waals surface area contributed by atoms with Gasteiger partial charge >= 0.3 is 0 Å². The topological polar surface area (TPSA) is 44.5 Å². The Hall–Kier alpha value is -0.740. The van der Waals surface area contributed by atoms with Crippen LogP contribution in [-0.2, 0) is 5.41 Å². The highest BCUT2D eigenvalue weighted by Crippen LogP contribution is 2.38. The fourth-order valence-corrected chi connectivity index (χ4v) is 1.93. The van der Waals surface area contributed by atoms with Crippen molar-refractivity contribution >= 4 is 15.9 Å². The van der Waals surface area contributed by atoms with E-state index in [1.807, 2.05) is 12.1 Å². The minimum Gasteiger partial charge on any atom is -0.495 e. The first-order chi connectivity index (χ1) is 7.46. The van der Waals surface area contributed by atoms with E-state index in [1.165, 1.54) is 0 Å². The molecule has 0 aliphatic rings. The van der Waals surface area contributed by atoms with Crippen molar-refractivity contribution in [2.75, 3.05) is 20.8 Å². The van der Waals surface area contributed by atoms with Crippen LogP contribution in [0.15, 0.2) is 16.6 Å². The Labute approximate surface area is 105 Å². The van der Waals surface area contributed by atoms with E-state index in [4.69, 9.17) is 15.2 Å². The summed E-state index contributed by atoms with van der Waals surface area (Å²) in [5.41, 5.74) is 6.77. The summed E-state index contributed by atoms with van der Waals surface area (Å²) in [6.07, 6.45) is 0. The Bertz CT molecular complexity index is 352. The van der Waals surface area contributed by atoms with Crippen LogP contribution in [0.2, 0.25) is 0 Å². The van der Waals surface area contributed by atoms with Crippen molar-refractivity contribution in [2.24, 2.45) is 5.73 Å². The number of ether oxygens (including phenoxy) is 2. The van der Waals surface area contributed by atoms with Crippen LogP contribution in [0.25, 0.3) is 0 Å². The molecule has 3 nitrogen and oxygen atoms in total. The Morgan fingerprint density at radius 1 is 1.19 bits per heavy atom. The highest BCUT2D eigenvalue weighted by atomic mass is 79.9. The number of hydrogen-bond acceptors (Lipinski definition) is 3. The largest absolute Gasteiger partial charge is 0.495 e. The lowest BCUT2D eigenvalue weighted by atomic mass is 9.84. The van der Waals surface area contributed by atoms with Crippen molar-refractivity contribution in [3.05, 3.63) is 22.2 Å². The number of hydrogen-bond donors (Lipinski definition) is 1. The molecule has 1 aromatic carbocycles. The lowest BCUT2D eigenvalue weighted by Gasteiger charge is -2.24. The van der Waals surface area contributed by atoms with Gasteiger partial charge in [-0.1, -0.05) is 13.8 Å².